The molecule has 0 spiro atoms. The summed E-state index contributed by atoms with van der Waals surface area (Å²) in [4.78, 5) is 27.4. The maximum absolute atomic E-state index is 13.0. The fourth-order valence-electron chi connectivity index (χ4n) is 2.61. The minimum absolute atomic E-state index is 0.103. The van der Waals surface area contributed by atoms with Crippen molar-refractivity contribution in [2.24, 2.45) is 0 Å². The fraction of sp³-hybridized carbons (Fsp3) is 0.158. The van der Waals surface area contributed by atoms with Crippen LogP contribution >= 0.6 is 0 Å². The lowest BCUT2D eigenvalue weighted by atomic mass is 10.0. The predicted octanol–water partition coefficient (Wildman–Crippen LogP) is 2.12. The quantitative estimate of drug-likeness (QED) is 0.545. The Morgan fingerprint density at radius 3 is 2.19 bits per heavy atom. The SMILES string of the molecule is O=C(Cc1[nH]c(=O)[nH]c1O)NCCc1ccc(-c2ccc(F)cc2)cc1. The second-order valence-corrected chi connectivity index (χ2v) is 5.89. The molecule has 1 amide bonds. The lowest BCUT2D eigenvalue weighted by Crippen LogP contribution is -2.27. The first-order valence-electron chi connectivity index (χ1n) is 8.13. The second-order valence-electron chi connectivity index (χ2n) is 5.89. The van der Waals surface area contributed by atoms with Crippen molar-refractivity contribution in [1.82, 2.24) is 15.3 Å². The molecule has 0 aliphatic heterocycles. The summed E-state index contributed by atoms with van der Waals surface area (Å²) in [5.74, 6) is -0.877. The number of nitrogens with one attached hydrogen (secondary N) is 3. The average molecular weight is 355 g/mol. The van der Waals surface area contributed by atoms with Crippen LogP contribution in [-0.4, -0.2) is 27.5 Å². The number of aromatic amines is 2. The second kappa shape index (κ2) is 7.69. The fourth-order valence-corrected chi connectivity index (χ4v) is 2.61. The van der Waals surface area contributed by atoms with Gasteiger partial charge in [-0.2, -0.15) is 0 Å². The van der Waals surface area contributed by atoms with Gasteiger partial charge >= 0.3 is 5.69 Å². The van der Waals surface area contributed by atoms with E-state index in [0.29, 0.717) is 13.0 Å². The number of H-pyrrole nitrogens is 2. The molecule has 3 aromatic rings. The molecule has 7 heteroatoms. The van der Waals surface area contributed by atoms with E-state index in [1.54, 1.807) is 12.1 Å². The monoisotopic (exact) mass is 355 g/mol. The van der Waals surface area contributed by atoms with Gasteiger partial charge in [-0.25, -0.2) is 9.18 Å². The summed E-state index contributed by atoms with van der Waals surface area (Å²) in [5, 5.41) is 12.2. The molecule has 2 aromatic carbocycles. The molecule has 0 bridgehead atoms. The van der Waals surface area contributed by atoms with Crippen molar-refractivity contribution in [1.29, 1.82) is 0 Å². The summed E-state index contributed by atoms with van der Waals surface area (Å²) in [6.07, 6.45) is 0.541. The number of hydrogen-bond acceptors (Lipinski definition) is 3. The molecule has 1 heterocycles. The average Bonchev–Trinajstić information content (AvgIpc) is 2.93. The van der Waals surface area contributed by atoms with Crippen molar-refractivity contribution in [3.63, 3.8) is 0 Å². The van der Waals surface area contributed by atoms with Crippen LogP contribution in [0.4, 0.5) is 4.39 Å². The first-order valence-corrected chi connectivity index (χ1v) is 8.13. The number of benzene rings is 2. The smallest absolute Gasteiger partial charge is 0.325 e. The largest absolute Gasteiger partial charge is 0.493 e. The van der Waals surface area contributed by atoms with E-state index in [9.17, 15) is 19.1 Å². The Kier molecular flexibility index (Phi) is 5.17. The molecule has 0 saturated heterocycles. The maximum Gasteiger partial charge on any atom is 0.325 e. The lowest BCUT2D eigenvalue weighted by Gasteiger charge is -2.06. The summed E-state index contributed by atoms with van der Waals surface area (Å²) in [5.41, 5.74) is 2.59. The molecule has 4 N–H and O–H groups in total. The minimum atomic E-state index is -0.549. The number of halogens is 1. The number of imidazole rings is 1. The highest BCUT2D eigenvalue weighted by atomic mass is 19.1. The van der Waals surface area contributed by atoms with Gasteiger partial charge in [0.1, 0.15) is 5.82 Å². The van der Waals surface area contributed by atoms with Crippen molar-refractivity contribution in [2.75, 3.05) is 6.54 Å². The van der Waals surface area contributed by atoms with Crippen molar-refractivity contribution < 1.29 is 14.3 Å². The van der Waals surface area contributed by atoms with Crippen molar-refractivity contribution in [3.8, 4) is 17.0 Å². The zero-order valence-corrected chi connectivity index (χ0v) is 13.9. The third kappa shape index (κ3) is 4.38. The van der Waals surface area contributed by atoms with Gasteiger partial charge in [0.2, 0.25) is 11.8 Å². The Balaban J connectivity index is 1.50. The number of aromatic nitrogens is 2. The van der Waals surface area contributed by atoms with Crippen LogP contribution in [0.3, 0.4) is 0 Å². The third-order valence-corrected chi connectivity index (χ3v) is 3.99. The molecule has 134 valence electrons. The van der Waals surface area contributed by atoms with Gasteiger partial charge in [-0.05, 0) is 35.2 Å². The van der Waals surface area contributed by atoms with Crippen molar-refractivity contribution >= 4 is 5.91 Å². The number of carbonyl (C=O) groups is 1. The summed E-state index contributed by atoms with van der Waals surface area (Å²) >= 11 is 0. The standard InChI is InChI=1S/C19H18FN3O3/c20-15-7-5-14(6-8-15)13-3-1-12(2-4-13)9-10-21-17(24)11-16-18(25)23-19(26)22-16/h1-8,25H,9-11H2,(H,21,24)(H2,22,23,26). The highest BCUT2D eigenvalue weighted by Crippen LogP contribution is 2.20. The van der Waals surface area contributed by atoms with Gasteiger partial charge in [0.15, 0.2) is 0 Å². The van der Waals surface area contributed by atoms with E-state index in [-0.39, 0.29) is 29.7 Å². The molecule has 1 aromatic heterocycles. The summed E-state index contributed by atoms with van der Waals surface area (Å²) < 4.78 is 13.0. The molecule has 0 saturated carbocycles. The van der Waals surface area contributed by atoms with Crippen LogP contribution in [0.2, 0.25) is 0 Å². The Morgan fingerprint density at radius 2 is 1.62 bits per heavy atom. The Labute approximate surface area is 148 Å². The van der Waals surface area contributed by atoms with Crippen molar-refractivity contribution in [3.05, 3.63) is 76.1 Å². The van der Waals surface area contributed by atoms with Crippen LogP contribution in [0, 0.1) is 5.82 Å². The minimum Gasteiger partial charge on any atom is -0.493 e. The summed E-state index contributed by atoms with van der Waals surface area (Å²) in [6.45, 7) is 0.435. The van der Waals surface area contributed by atoms with Crippen LogP contribution in [0.15, 0.2) is 53.3 Å². The maximum atomic E-state index is 13.0. The van der Waals surface area contributed by atoms with Gasteiger partial charge in [-0.3, -0.25) is 9.78 Å². The van der Waals surface area contributed by atoms with Crippen LogP contribution in [0.5, 0.6) is 5.88 Å². The first-order chi connectivity index (χ1) is 12.5. The number of hydrogen-bond donors (Lipinski definition) is 4. The molecule has 6 nitrogen and oxygen atoms in total. The molecule has 0 unspecified atom stereocenters. The number of aromatic hydroxyl groups is 1. The molecule has 26 heavy (non-hydrogen) atoms. The van der Waals surface area contributed by atoms with E-state index in [2.05, 4.69) is 15.3 Å². The van der Waals surface area contributed by atoms with Crippen LogP contribution in [0.25, 0.3) is 11.1 Å². The number of rotatable bonds is 6. The van der Waals surface area contributed by atoms with Gasteiger partial charge in [0, 0.05) is 6.54 Å². The van der Waals surface area contributed by atoms with E-state index < -0.39 is 5.69 Å². The zero-order valence-electron chi connectivity index (χ0n) is 13.9. The molecule has 0 aliphatic carbocycles. The first kappa shape index (κ1) is 17.5. The topological polar surface area (TPSA) is 98.0 Å². The predicted molar refractivity (Wildman–Crippen MR) is 95.3 cm³/mol. The van der Waals surface area contributed by atoms with Crippen LogP contribution in [-0.2, 0) is 17.6 Å². The Bertz CT molecular complexity index is 943. The Morgan fingerprint density at radius 1 is 1.00 bits per heavy atom. The van der Waals surface area contributed by atoms with Crippen LogP contribution < -0.4 is 11.0 Å². The lowest BCUT2D eigenvalue weighted by molar-refractivity contribution is -0.120. The molecular weight excluding hydrogens is 337 g/mol. The van der Waals surface area contributed by atoms with Gasteiger partial charge in [0.05, 0.1) is 12.1 Å². The third-order valence-electron chi connectivity index (χ3n) is 3.99. The molecule has 0 atom stereocenters. The molecule has 3 rings (SSSR count). The Hall–Kier alpha value is -3.35. The van der Waals surface area contributed by atoms with Gasteiger partial charge in [-0.1, -0.05) is 36.4 Å². The highest BCUT2D eigenvalue weighted by molar-refractivity contribution is 5.78. The van der Waals surface area contributed by atoms with E-state index in [1.165, 1.54) is 12.1 Å². The van der Waals surface area contributed by atoms with Crippen LogP contribution in [0.1, 0.15) is 11.3 Å². The zero-order chi connectivity index (χ0) is 18.5. The van der Waals surface area contributed by atoms with E-state index >= 15 is 0 Å². The molecule has 0 radical (unpaired) electrons. The molecule has 0 aliphatic rings. The molecule has 0 fully saturated rings. The number of carbonyl (C=O) groups excluding carboxylic acids is 1. The van der Waals surface area contributed by atoms with Gasteiger partial charge in [-0.15, -0.1) is 0 Å². The van der Waals surface area contributed by atoms with E-state index in [4.69, 9.17) is 0 Å². The normalized spacial score (nSPS) is 10.7. The summed E-state index contributed by atoms with van der Waals surface area (Å²) in [7, 11) is 0. The van der Waals surface area contributed by atoms with Crippen molar-refractivity contribution in [2.45, 2.75) is 12.8 Å². The summed E-state index contributed by atoms with van der Waals surface area (Å²) in [6, 6.07) is 14.1. The molecular formula is C19H18FN3O3. The highest BCUT2D eigenvalue weighted by Gasteiger charge is 2.10. The number of amides is 1. The van der Waals surface area contributed by atoms with E-state index in [1.807, 2.05) is 24.3 Å². The van der Waals surface area contributed by atoms with Gasteiger partial charge < -0.3 is 15.4 Å². The van der Waals surface area contributed by atoms with E-state index in [0.717, 1.165) is 16.7 Å². The van der Waals surface area contributed by atoms with Gasteiger partial charge in [0.25, 0.3) is 0 Å².